The fourth-order valence-corrected chi connectivity index (χ4v) is 5.74. The van der Waals surface area contributed by atoms with Crippen molar-refractivity contribution in [2.45, 2.75) is 50.3 Å². The second kappa shape index (κ2) is 9.82. The van der Waals surface area contributed by atoms with Crippen LogP contribution in [-0.2, 0) is 6.73 Å². The largest absolute Gasteiger partial charge is 0.374 e. The fraction of sp³-hybridized carbons (Fsp3) is 0.375. The van der Waals surface area contributed by atoms with Crippen molar-refractivity contribution in [3.63, 3.8) is 0 Å². The SMILES string of the molecule is C=C(Nc1cn(C2CCCCC2)nc1-c1nc(F)ccc1F)C1=CSC(c2cnn(CO)c2)N1C. The Bertz CT molecular complexity index is 1260. The van der Waals surface area contributed by atoms with Gasteiger partial charge in [-0.1, -0.05) is 25.8 Å². The van der Waals surface area contributed by atoms with E-state index >= 15 is 0 Å². The summed E-state index contributed by atoms with van der Waals surface area (Å²) < 4.78 is 31.9. The topological polar surface area (TPSA) is 84.0 Å². The average molecular weight is 500 g/mol. The number of pyridine rings is 1. The molecule has 0 amide bonds. The number of hydrogen-bond donors (Lipinski definition) is 2. The lowest BCUT2D eigenvalue weighted by atomic mass is 9.96. The molecule has 184 valence electrons. The van der Waals surface area contributed by atoms with Gasteiger partial charge in [-0.2, -0.15) is 14.6 Å². The van der Waals surface area contributed by atoms with Crippen LogP contribution in [0.15, 0.2) is 54.1 Å². The van der Waals surface area contributed by atoms with Gasteiger partial charge in [0, 0.05) is 25.0 Å². The number of thioether (sulfide) groups is 1. The molecule has 0 radical (unpaired) electrons. The fourth-order valence-electron chi connectivity index (χ4n) is 4.60. The number of aliphatic hydroxyl groups excluding tert-OH is 1. The summed E-state index contributed by atoms with van der Waals surface area (Å²) in [6, 6.07) is 2.27. The minimum atomic E-state index is -0.765. The van der Waals surface area contributed by atoms with Crippen LogP contribution in [0.2, 0.25) is 0 Å². The number of halogens is 2. The van der Waals surface area contributed by atoms with E-state index in [9.17, 15) is 13.9 Å². The normalized spacial score (nSPS) is 18.7. The Morgan fingerprint density at radius 3 is 2.74 bits per heavy atom. The Kier molecular flexibility index (Phi) is 6.61. The molecular weight excluding hydrogens is 472 g/mol. The summed E-state index contributed by atoms with van der Waals surface area (Å²) in [4.78, 5) is 5.84. The number of hydrogen-bond acceptors (Lipinski definition) is 7. The quantitative estimate of drug-likeness (QED) is 0.442. The molecule has 1 fully saturated rings. The van der Waals surface area contributed by atoms with Gasteiger partial charge in [-0.3, -0.25) is 4.68 Å². The molecule has 4 heterocycles. The molecule has 35 heavy (non-hydrogen) atoms. The number of likely N-dealkylation sites (N-methyl/N-ethyl adjacent to an activating group) is 1. The first-order valence-electron chi connectivity index (χ1n) is 11.5. The van der Waals surface area contributed by atoms with Crippen LogP contribution in [0, 0.1) is 11.8 Å². The van der Waals surface area contributed by atoms with E-state index in [1.54, 1.807) is 24.2 Å². The van der Waals surface area contributed by atoms with Crippen molar-refractivity contribution in [3.8, 4) is 11.4 Å². The molecule has 1 saturated carbocycles. The van der Waals surface area contributed by atoms with Crippen molar-refractivity contribution in [2.75, 3.05) is 12.4 Å². The van der Waals surface area contributed by atoms with E-state index in [4.69, 9.17) is 0 Å². The van der Waals surface area contributed by atoms with Crippen LogP contribution in [0.4, 0.5) is 14.5 Å². The van der Waals surface area contributed by atoms with E-state index in [1.165, 1.54) is 11.1 Å². The van der Waals surface area contributed by atoms with E-state index in [1.807, 2.05) is 28.2 Å². The minimum absolute atomic E-state index is 0.0318. The van der Waals surface area contributed by atoms with E-state index in [2.05, 4.69) is 27.1 Å². The zero-order valence-electron chi connectivity index (χ0n) is 19.4. The highest BCUT2D eigenvalue weighted by Crippen LogP contribution is 2.43. The number of aliphatic hydroxyl groups is 1. The highest BCUT2D eigenvalue weighted by atomic mass is 32.2. The molecule has 11 heteroatoms. The molecule has 0 spiro atoms. The van der Waals surface area contributed by atoms with Crippen LogP contribution < -0.4 is 5.32 Å². The summed E-state index contributed by atoms with van der Waals surface area (Å²) in [6.07, 6.45) is 10.8. The van der Waals surface area contributed by atoms with Crippen LogP contribution in [0.25, 0.3) is 11.4 Å². The van der Waals surface area contributed by atoms with Gasteiger partial charge in [-0.15, -0.1) is 11.8 Å². The van der Waals surface area contributed by atoms with Gasteiger partial charge >= 0.3 is 0 Å². The number of nitrogens with zero attached hydrogens (tertiary/aromatic N) is 6. The standard InChI is InChI=1S/C24H27F2N7OS/c1-15(20-13-35-24(31(20)2)16-10-27-32(11-16)14-34)28-19-12-33(17-6-4-3-5-7-17)30-23(19)22-18(25)8-9-21(26)29-22/h8-13,17,24,28,34H,1,3-7,14H2,2H3. The van der Waals surface area contributed by atoms with Gasteiger partial charge in [-0.25, -0.2) is 14.1 Å². The lowest BCUT2D eigenvalue weighted by molar-refractivity contribution is 0.195. The monoisotopic (exact) mass is 499 g/mol. The second-order valence-electron chi connectivity index (χ2n) is 8.79. The number of nitrogens with one attached hydrogen (secondary N) is 1. The zero-order chi connectivity index (χ0) is 24.5. The average Bonchev–Trinajstić information content (AvgIpc) is 3.59. The molecule has 3 aromatic rings. The molecule has 2 N–H and O–H groups in total. The molecule has 0 aromatic carbocycles. The number of anilines is 1. The first-order chi connectivity index (χ1) is 16.9. The van der Waals surface area contributed by atoms with Crippen LogP contribution in [0.3, 0.4) is 0 Å². The van der Waals surface area contributed by atoms with Gasteiger partial charge in [-0.05, 0) is 30.4 Å². The van der Waals surface area contributed by atoms with E-state index in [-0.39, 0.29) is 29.5 Å². The van der Waals surface area contributed by atoms with Gasteiger partial charge in [0.2, 0.25) is 5.95 Å². The molecule has 3 aromatic heterocycles. The third kappa shape index (κ3) is 4.70. The van der Waals surface area contributed by atoms with Gasteiger partial charge in [0.05, 0.1) is 29.3 Å². The van der Waals surface area contributed by atoms with Crippen LogP contribution in [0.1, 0.15) is 49.1 Å². The van der Waals surface area contributed by atoms with E-state index in [0.717, 1.165) is 49.1 Å². The molecule has 1 aliphatic carbocycles. The van der Waals surface area contributed by atoms with Gasteiger partial charge in [0.15, 0.2) is 5.82 Å². The number of aromatic nitrogens is 5. The maximum absolute atomic E-state index is 14.7. The van der Waals surface area contributed by atoms with Crippen molar-refractivity contribution in [1.29, 1.82) is 0 Å². The van der Waals surface area contributed by atoms with Gasteiger partial charge < -0.3 is 15.3 Å². The Morgan fingerprint density at radius 1 is 1.20 bits per heavy atom. The highest BCUT2D eigenvalue weighted by molar-refractivity contribution is 8.02. The van der Waals surface area contributed by atoms with E-state index < -0.39 is 11.8 Å². The molecular formula is C24H27F2N7OS. The number of rotatable bonds is 7. The lowest BCUT2D eigenvalue weighted by Crippen LogP contribution is -2.20. The van der Waals surface area contributed by atoms with E-state index in [0.29, 0.717) is 11.4 Å². The molecule has 8 nitrogen and oxygen atoms in total. The molecule has 1 aliphatic heterocycles. The Labute approximate surface area is 206 Å². The van der Waals surface area contributed by atoms with Crippen molar-refractivity contribution in [1.82, 2.24) is 29.4 Å². The van der Waals surface area contributed by atoms with Crippen LogP contribution >= 0.6 is 11.8 Å². The summed E-state index contributed by atoms with van der Waals surface area (Å²) in [5.41, 5.74) is 3.03. The van der Waals surface area contributed by atoms with Crippen LogP contribution in [0.5, 0.6) is 0 Å². The summed E-state index contributed by atoms with van der Waals surface area (Å²) in [7, 11) is 1.94. The lowest BCUT2D eigenvalue weighted by Gasteiger charge is -2.25. The predicted molar refractivity (Wildman–Crippen MR) is 131 cm³/mol. The molecule has 1 unspecified atom stereocenters. The Morgan fingerprint density at radius 2 is 2.00 bits per heavy atom. The second-order valence-corrected chi connectivity index (χ2v) is 9.74. The van der Waals surface area contributed by atoms with Crippen molar-refractivity contribution < 1.29 is 13.9 Å². The molecule has 1 atom stereocenters. The Balaban J connectivity index is 1.42. The summed E-state index contributed by atoms with van der Waals surface area (Å²) in [5, 5.41) is 23.3. The first kappa shape index (κ1) is 23.6. The maximum Gasteiger partial charge on any atom is 0.213 e. The molecule has 0 saturated heterocycles. The van der Waals surface area contributed by atoms with Gasteiger partial charge in [0.25, 0.3) is 0 Å². The Hall–Kier alpha value is -3.18. The van der Waals surface area contributed by atoms with Crippen molar-refractivity contribution in [3.05, 3.63) is 71.4 Å². The third-order valence-corrected chi connectivity index (χ3v) is 7.64. The predicted octanol–water partition coefficient (Wildman–Crippen LogP) is 5.02. The summed E-state index contributed by atoms with van der Waals surface area (Å²) in [6.45, 7) is 4.02. The summed E-state index contributed by atoms with van der Waals surface area (Å²) in [5.74, 6) is -1.40. The molecule has 0 bridgehead atoms. The molecule has 5 rings (SSSR count). The van der Waals surface area contributed by atoms with Crippen molar-refractivity contribution in [2.24, 2.45) is 0 Å². The minimum Gasteiger partial charge on any atom is -0.374 e. The third-order valence-electron chi connectivity index (χ3n) is 6.44. The van der Waals surface area contributed by atoms with Crippen molar-refractivity contribution >= 4 is 17.4 Å². The molecule has 2 aliphatic rings. The zero-order valence-corrected chi connectivity index (χ0v) is 20.2. The van der Waals surface area contributed by atoms with Gasteiger partial charge in [0.1, 0.15) is 23.5 Å². The van der Waals surface area contributed by atoms with Crippen LogP contribution in [-0.4, -0.2) is 41.6 Å². The highest BCUT2D eigenvalue weighted by Gasteiger charge is 2.29. The smallest absolute Gasteiger partial charge is 0.213 e. The summed E-state index contributed by atoms with van der Waals surface area (Å²) >= 11 is 1.59. The maximum atomic E-state index is 14.7. The first-order valence-corrected chi connectivity index (χ1v) is 12.5.